The normalized spacial score (nSPS) is 11.8. The fourth-order valence-corrected chi connectivity index (χ4v) is 2.80. The molecule has 0 aliphatic rings. The van der Waals surface area contributed by atoms with Crippen LogP contribution in [0, 0.1) is 0 Å². The number of ether oxygens (including phenoxy) is 1. The minimum atomic E-state index is -0.00448. The molecule has 4 nitrogen and oxygen atoms in total. The van der Waals surface area contributed by atoms with Gasteiger partial charge in [-0.2, -0.15) is 0 Å². The van der Waals surface area contributed by atoms with Crippen LogP contribution in [-0.4, -0.2) is 13.0 Å². The summed E-state index contributed by atoms with van der Waals surface area (Å²) in [6.07, 6.45) is 0.968. The van der Waals surface area contributed by atoms with Gasteiger partial charge in [0, 0.05) is 18.4 Å². The summed E-state index contributed by atoms with van der Waals surface area (Å²) < 4.78 is 11.0. The molecule has 0 fully saturated rings. The number of benzene rings is 2. The lowest BCUT2D eigenvalue weighted by Crippen LogP contribution is -2.26. The molecule has 3 rings (SSSR count). The molecule has 0 unspecified atom stereocenters. The van der Waals surface area contributed by atoms with Gasteiger partial charge in [-0.25, -0.2) is 0 Å². The molecule has 4 heteroatoms. The third kappa shape index (κ3) is 4.54. The summed E-state index contributed by atoms with van der Waals surface area (Å²) in [7, 11) is 1.64. The van der Waals surface area contributed by atoms with Crippen molar-refractivity contribution in [3.05, 3.63) is 78.1 Å². The first-order chi connectivity index (χ1) is 12.7. The number of aryl methyl sites for hydroxylation is 1. The minimum absolute atomic E-state index is 0.00448. The molecule has 0 aliphatic heterocycles. The van der Waals surface area contributed by atoms with Crippen LogP contribution in [0.15, 0.2) is 71.1 Å². The second-order valence-electron chi connectivity index (χ2n) is 6.19. The largest absolute Gasteiger partial charge is 0.497 e. The Morgan fingerprint density at radius 2 is 1.77 bits per heavy atom. The molecule has 0 saturated carbocycles. The number of carbonyl (C=O) groups excluding carboxylic acids is 1. The van der Waals surface area contributed by atoms with E-state index in [4.69, 9.17) is 9.15 Å². The molecule has 0 radical (unpaired) electrons. The minimum Gasteiger partial charge on any atom is -0.497 e. The Balaban J connectivity index is 1.53. The van der Waals surface area contributed by atoms with E-state index in [2.05, 4.69) is 5.32 Å². The predicted molar refractivity (Wildman–Crippen MR) is 102 cm³/mol. The molecule has 0 spiro atoms. The van der Waals surface area contributed by atoms with E-state index in [1.54, 1.807) is 7.11 Å². The zero-order valence-electron chi connectivity index (χ0n) is 15.1. The van der Waals surface area contributed by atoms with E-state index in [0.717, 1.165) is 28.4 Å². The van der Waals surface area contributed by atoms with Crippen LogP contribution in [0.4, 0.5) is 0 Å². The summed E-state index contributed by atoms with van der Waals surface area (Å²) in [6, 6.07) is 21.5. The van der Waals surface area contributed by atoms with Gasteiger partial charge in [-0.05, 0) is 48.9 Å². The Morgan fingerprint density at radius 3 is 2.46 bits per heavy atom. The Labute approximate surface area is 153 Å². The standard InChI is InChI=1S/C22H23NO3/c1-16(17-6-4-3-5-7-17)23-22(24)15-13-20-12-14-21(26-20)18-8-10-19(25-2)11-9-18/h3-12,14,16H,13,15H2,1-2H3,(H,23,24)/t16-/m1/s1. The van der Waals surface area contributed by atoms with Gasteiger partial charge in [0.25, 0.3) is 0 Å². The van der Waals surface area contributed by atoms with Gasteiger partial charge in [0.15, 0.2) is 0 Å². The molecule has 0 aliphatic carbocycles. The van der Waals surface area contributed by atoms with Crippen molar-refractivity contribution in [1.29, 1.82) is 0 Å². The Kier molecular flexibility index (Phi) is 5.74. The van der Waals surface area contributed by atoms with Gasteiger partial charge in [-0.1, -0.05) is 30.3 Å². The van der Waals surface area contributed by atoms with Crippen molar-refractivity contribution in [3.8, 4) is 17.1 Å². The molecule has 1 aromatic heterocycles. The van der Waals surface area contributed by atoms with E-state index in [9.17, 15) is 4.79 Å². The van der Waals surface area contributed by atoms with Crippen molar-refractivity contribution < 1.29 is 13.9 Å². The quantitative estimate of drug-likeness (QED) is 0.669. The highest BCUT2D eigenvalue weighted by Gasteiger charge is 2.11. The fourth-order valence-electron chi connectivity index (χ4n) is 2.80. The molecule has 1 heterocycles. The summed E-state index contributed by atoms with van der Waals surface area (Å²) in [5.74, 6) is 2.42. The maximum absolute atomic E-state index is 12.2. The van der Waals surface area contributed by atoms with Gasteiger partial charge >= 0.3 is 0 Å². The fraction of sp³-hybridized carbons (Fsp3) is 0.227. The number of rotatable bonds is 7. The topological polar surface area (TPSA) is 51.5 Å². The Morgan fingerprint density at radius 1 is 1.04 bits per heavy atom. The maximum Gasteiger partial charge on any atom is 0.220 e. The third-order valence-corrected chi connectivity index (χ3v) is 4.31. The summed E-state index contributed by atoms with van der Waals surface area (Å²) in [4.78, 5) is 12.2. The number of nitrogens with one attached hydrogen (secondary N) is 1. The number of methoxy groups -OCH3 is 1. The van der Waals surface area contributed by atoms with Crippen molar-refractivity contribution >= 4 is 5.91 Å². The Hall–Kier alpha value is -3.01. The van der Waals surface area contributed by atoms with Crippen LogP contribution in [0.1, 0.15) is 30.7 Å². The number of amides is 1. The van der Waals surface area contributed by atoms with Gasteiger partial charge in [-0.15, -0.1) is 0 Å². The SMILES string of the molecule is COc1ccc(-c2ccc(CCC(=O)N[C@H](C)c3ccccc3)o2)cc1. The van der Waals surface area contributed by atoms with Crippen molar-refractivity contribution in [2.45, 2.75) is 25.8 Å². The molecule has 0 saturated heterocycles. The van der Waals surface area contributed by atoms with Crippen molar-refractivity contribution in [2.24, 2.45) is 0 Å². The lowest BCUT2D eigenvalue weighted by Gasteiger charge is -2.13. The lowest BCUT2D eigenvalue weighted by molar-refractivity contribution is -0.121. The number of hydrogen-bond acceptors (Lipinski definition) is 3. The molecule has 134 valence electrons. The first kappa shape index (κ1) is 17.8. The lowest BCUT2D eigenvalue weighted by atomic mass is 10.1. The highest BCUT2D eigenvalue weighted by Crippen LogP contribution is 2.25. The molecule has 1 N–H and O–H groups in total. The second-order valence-corrected chi connectivity index (χ2v) is 6.19. The third-order valence-electron chi connectivity index (χ3n) is 4.31. The van der Waals surface area contributed by atoms with Crippen LogP contribution in [-0.2, 0) is 11.2 Å². The van der Waals surface area contributed by atoms with Crippen molar-refractivity contribution in [3.63, 3.8) is 0 Å². The van der Waals surface area contributed by atoms with E-state index in [1.165, 1.54) is 0 Å². The molecular weight excluding hydrogens is 326 g/mol. The summed E-state index contributed by atoms with van der Waals surface area (Å²) in [5, 5.41) is 3.02. The van der Waals surface area contributed by atoms with Gasteiger partial charge in [-0.3, -0.25) is 4.79 Å². The highest BCUT2D eigenvalue weighted by molar-refractivity contribution is 5.76. The Bertz CT molecular complexity index is 837. The van der Waals surface area contributed by atoms with Crippen LogP contribution in [0.25, 0.3) is 11.3 Å². The molecule has 2 aromatic carbocycles. The number of furan rings is 1. The highest BCUT2D eigenvalue weighted by atomic mass is 16.5. The number of carbonyl (C=O) groups is 1. The van der Waals surface area contributed by atoms with E-state index in [-0.39, 0.29) is 11.9 Å². The molecule has 1 amide bonds. The van der Waals surface area contributed by atoms with E-state index in [1.807, 2.05) is 73.7 Å². The predicted octanol–water partition coefficient (Wildman–Crippen LogP) is 4.77. The van der Waals surface area contributed by atoms with Gasteiger partial charge in [0.2, 0.25) is 5.91 Å². The zero-order valence-corrected chi connectivity index (χ0v) is 15.1. The molecule has 26 heavy (non-hydrogen) atoms. The van der Waals surface area contributed by atoms with Gasteiger partial charge in [0.1, 0.15) is 17.3 Å². The van der Waals surface area contributed by atoms with E-state index < -0.39 is 0 Å². The van der Waals surface area contributed by atoms with Gasteiger partial charge in [0.05, 0.1) is 13.2 Å². The first-order valence-electron chi connectivity index (χ1n) is 8.73. The molecule has 3 aromatic rings. The average molecular weight is 349 g/mol. The van der Waals surface area contributed by atoms with E-state index >= 15 is 0 Å². The molecular formula is C22H23NO3. The van der Waals surface area contributed by atoms with Crippen LogP contribution in [0.5, 0.6) is 5.75 Å². The number of hydrogen-bond donors (Lipinski definition) is 1. The van der Waals surface area contributed by atoms with Gasteiger partial charge < -0.3 is 14.5 Å². The summed E-state index contributed by atoms with van der Waals surface area (Å²) in [5.41, 5.74) is 2.08. The second kappa shape index (κ2) is 8.39. The van der Waals surface area contributed by atoms with Crippen LogP contribution >= 0.6 is 0 Å². The molecule has 1 atom stereocenters. The maximum atomic E-state index is 12.2. The smallest absolute Gasteiger partial charge is 0.220 e. The van der Waals surface area contributed by atoms with E-state index in [0.29, 0.717) is 12.8 Å². The first-order valence-corrected chi connectivity index (χ1v) is 8.73. The monoisotopic (exact) mass is 349 g/mol. The van der Waals surface area contributed by atoms with Crippen LogP contribution < -0.4 is 10.1 Å². The van der Waals surface area contributed by atoms with Crippen molar-refractivity contribution in [1.82, 2.24) is 5.32 Å². The van der Waals surface area contributed by atoms with Crippen LogP contribution in [0.2, 0.25) is 0 Å². The summed E-state index contributed by atoms with van der Waals surface area (Å²) >= 11 is 0. The average Bonchev–Trinajstić information content (AvgIpc) is 3.16. The molecule has 0 bridgehead atoms. The van der Waals surface area contributed by atoms with Crippen LogP contribution in [0.3, 0.4) is 0 Å². The summed E-state index contributed by atoms with van der Waals surface area (Å²) in [6.45, 7) is 1.99. The van der Waals surface area contributed by atoms with Crippen molar-refractivity contribution in [2.75, 3.05) is 7.11 Å². The zero-order chi connectivity index (χ0) is 18.4.